The Bertz CT molecular complexity index is 308. The Morgan fingerprint density at radius 3 is 2.26 bits per heavy atom. The van der Waals surface area contributed by atoms with Crippen molar-refractivity contribution in [2.24, 2.45) is 16.7 Å². The van der Waals surface area contributed by atoms with E-state index >= 15 is 0 Å². The number of rotatable bonds is 6. The molecule has 0 spiro atoms. The molecule has 0 heterocycles. The van der Waals surface area contributed by atoms with Gasteiger partial charge in [0.05, 0.1) is 0 Å². The molecule has 0 aliphatic heterocycles. The van der Waals surface area contributed by atoms with Crippen molar-refractivity contribution in [2.75, 3.05) is 12.8 Å². The molecule has 2 heteroatoms. The lowest BCUT2D eigenvalue weighted by Gasteiger charge is -2.45. The summed E-state index contributed by atoms with van der Waals surface area (Å²) in [5.41, 5.74) is 1.04. The molecular formula is C17H33NS. The summed E-state index contributed by atoms with van der Waals surface area (Å²) in [5, 5.41) is 4.02. The van der Waals surface area contributed by atoms with E-state index < -0.39 is 0 Å². The van der Waals surface area contributed by atoms with Crippen LogP contribution in [0, 0.1) is 16.7 Å². The third kappa shape index (κ3) is 2.48. The van der Waals surface area contributed by atoms with Crippen LogP contribution in [0.2, 0.25) is 0 Å². The van der Waals surface area contributed by atoms with Crippen molar-refractivity contribution in [1.29, 1.82) is 0 Å². The first-order chi connectivity index (χ1) is 8.83. The standard InChI is InChI=1S/C17H33NS/c1-7-17(8-2,19-6)12-18-14-15(3,4)13-9-10-16(14,5)11-13/h13-14,18H,7-12H2,1-6H3. The predicted molar refractivity (Wildman–Crippen MR) is 87.8 cm³/mol. The maximum absolute atomic E-state index is 4.02. The van der Waals surface area contributed by atoms with E-state index in [-0.39, 0.29) is 0 Å². The van der Waals surface area contributed by atoms with Crippen molar-refractivity contribution in [1.82, 2.24) is 5.32 Å². The van der Waals surface area contributed by atoms with E-state index in [2.05, 4.69) is 58.0 Å². The highest BCUT2D eigenvalue weighted by Gasteiger charge is 2.59. The van der Waals surface area contributed by atoms with Gasteiger partial charge < -0.3 is 5.32 Å². The molecule has 2 rings (SSSR count). The Kier molecular flexibility index (Phi) is 4.34. The highest BCUT2D eigenvalue weighted by atomic mass is 32.2. The Hall–Kier alpha value is 0.310. The molecule has 3 atom stereocenters. The number of fused-ring (bicyclic) bond motifs is 2. The van der Waals surface area contributed by atoms with E-state index in [0.717, 1.165) is 5.92 Å². The topological polar surface area (TPSA) is 12.0 Å². The summed E-state index contributed by atoms with van der Waals surface area (Å²) < 4.78 is 0.439. The van der Waals surface area contributed by atoms with Gasteiger partial charge in [0.1, 0.15) is 0 Å². The largest absolute Gasteiger partial charge is 0.312 e. The van der Waals surface area contributed by atoms with Gasteiger partial charge in [-0.3, -0.25) is 0 Å². The number of thioether (sulfide) groups is 1. The summed E-state index contributed by atoms with van der Waals surface area (Å²) in [7, 11) is 0. The molecular weight excluding hydrogens is 250 g/mol. The molecule has 19 heavy (non-hydrogen) atoms. The maximum atomic E-state index is 4.02. The van der Waals surface area contributed by atoms with Crippen LogP contribution in [0.25, 0.3) is 0 Å². The van der Waals surface area contributed by atoms with Crippen LogP contribution in [0.4, 0.5) is 0 Å². The zero-order chi connectivity index (χ0) is 14.3. The summed E-state index contributed by atoms with van der Waals surface area (Å²) in [5.74, 6) is 0.946. The second kappa shape index (κ2) is 5.26. The average Bonchev–Trinajstić information content (AvgIpc) is 2.86. The summed E-state index contributed by atoms with van der Waals surface area (Å²) in [6.07, 6.45) is 9.15. The molecule has 112 valence electrons. The summed E-state index contributed by atoms with van der Waals surface area (Å²) >= 11 is 2.06. The molecule has 1 N–H and O–H groups in total. The smallest absolute Gasteiger partial charge is 0.0276 e. The Balaban J connectivity index is 2.07. The van der Waals surface area contributed by atoms with Crippen LogP contribution >= 0.6 is 11.8 Å². The van der Waals surface area contributed by atoms with Crippen molar-refractivity contribution < 1.29 is 0 Å². The zero-order valence-electron chi connectivity index (χ0n) is 13.8. The van der Waals surface area contributed by atoms with Crippen LogP contribution in [-0.4, -0.2) is 23.6 Å². The van der Waals surface area contributed by atoms with Gasteiger partial charge in [-0.2, -0.15) is 11.8 Å². The fraction of sp³-hybridized carbons (Fsp3) is 1.00. The van der Waals surface area contributed by atoms with Crippen LogP contribution < -0.4 is 5.32 Å². The molecule has 0 amide bonds. The first-order valence-electron chi connectivity index (χ1n) is 8.12. The zero-order valence-corrected chi connectivity index (χ0v) is 14.6. The van der Waals surface area contributed by atoms with Crippen molar-refractivity contribution in [2.45, 2.75) is 77.5 Å². The Morgan fingerprint density at radius 1 is 1.21 bits per heavy atom. The third-order valence-corrected chi connectivity index (χ3v) is 8.21. The van der Waals surface area contributed by atoms with Gasteiger partial charge in [-0.15, -0.1) is 0 Å². The van der Waals surface area contributed by atoms with Gasteiger partial charge in [-0.05, 0) is 55.1 Å². The van der Waals surface area contributed by atoms with Gasteiger partial charge in [0.15, 0.2) is 0 Å². The molecule has 2 bridgehead atoms. The highest BCUT2D eigenvalue weighted by Crippen LogP contribution is 2.62. The van der Waals surface area contributed by atoms with Crippen LogP contribution in [0.15, 0.2) is 0 Å². The molecule has 0 aromatic heterocycles. The molecule has 2 fully saturated rings. The average molecular weight is 284 g/mol. The number of nitrogens with one attached hydrogen (secondary N) is 1. The van der Waals surface area contributed by atoms with Crippen molar-refractivity contribution in [3.05, 3.63) is 0 Å². The van der Waals surface area contributed by atoms with E-state index in [1.807, 2.05) is 0 Å². The lowest BCUT2D eigenvalue weighted by molar-refractivity contribution is 0.106. The monoisotopic (exact) mass is 283 g/mol. The van der Waals surface area contributed by atoms with E-state index in [4.69, 9.17) is 0 Å². The van der Waals surface area contributed by atoms with Crippen molar-refractivity contribution >= 4 is 11.8 Å². The van der Waals surface area contributed by atoms with Crippen LogP contribution in [0.5, 0.6) is 0 Å². The number of hydrogen-bond donors (Lipinski definition) is 1. The Labute approximate surface area is 124 Å². The second-order valence-electron chi connectivity index (χ2n) is 7.82. The third-order valence-electron chi connectivity index (χ3n) is 6.62. The second-order valence-corrected chi connectivity index (χ2v) is 9.10. The molecule has 2 aliphatic carbocycles. The highest BCUT2D eigenvalue weighted by molar-refractivity contribution is 8.00. The lowest BCUT2D eigenvalue weighted by atomic mass is 9.68. The van der Waals surface area contributed by atoms with Crippen LogP contribution in [0.3, 0.4) is 0 Å². The molecule has 3 unspecified atom stereocenters. The van der Waals surface area contributed by atoms with Gasteiger partial charge in [0.2, 0.25) is 0 Å². The molecule has 0 radical (unpaired) electrons. The van der Waals surface area contributed by atoms with E-state index in [0.29, 0.717) is 21.6 Å². The molecule has 1 nitrogen and oxygen atoms in total. The van der Waals surface area contributed by atoms with Crippen LogP contribution in [0.1, 0.15) is 66.7 Å². The predicted octanol–water partition coefficient (Wildman–Crippen LogP) is 4.71. The van der Waals surface area contributed by atoms with Crippen LogP contribution in [-0.2, 0) is 0 Å². The van der Waals surface area contributed by atoms with Gasteiger partial charge in [-0.25, -0.2) is 0 Å². The van der Waals surface area contributed by atoms with Gasteiger partial charge in [0.25, 0.3) is 0 Å². The van der Waals surface area contributed by atoms with Gasteiger partial charge in [0, 0.05) is 17.3 Å². The fourth-order valence-corrected chi connectivity index (χ4v) is 5.77. The van der Waals surface area contributed by atoms with Crippen molar-refractivity contribution in [3.63, 3.8) is 0 Å². The molecule has 0 saturated heterocycles. The van der Waals surface area contributed by atoms with E-state index in [9.17, 15) is 0 Å². The van der Waals surface area contributed by atoms with E-state index in [1.165, 1.54) is 38.6 Å². The minimum atomic E-state index is 0.439. The SMILES string of the molecule is CCC(CC)(CNC1C2(C)CCC(C2)C1(C)C)SC. The van der Waals surface area contributed by atoms with E-state index in [1.54, 1.807) is 0 Å². The van der Waals surface area contributed by atoms with Gasteiger partial charge >= 0.3 is 0 Å². The first kappa shape index (κ1) is 15.7. The minimum Gasteiger partial charge on any atom is -0.312 e. The normalized spacial score (nSPS) is 36.9. The fourth-order valence-electron chi connectivity index (χ4n) is 4.96. The molecule has 0 aromatic carbocycles. The lowest BCUT2D eigenvalue weighted by Crippen LogP contribution is -2.53. The summed E-state index contributed by atoms with van der Waals surface area (Å²) in [4.78, 5) is 0. The quantitative estimate of drug-likeness (QED) is 0.757. The van der Waals surface area contributed by atoms with Crippen molar-refractivity contribution in [3.8, 4) is 0 Å². The van der Waals surface area contributed by atoms with Gasteiger partial charge in [-0.1, -0.05) is 34.6 Å². The maximum Gasteiger partial charge on any atom is 0.0276 e. The molecule has 0 aromatic rings. The first-order valence-corrected chi connectivity index (χ1v) is 9.34. The molecule has 2 aliphatic rings. The minimum absolute atomic E-state index is 0.439. The molecule has 2 saturated carbocycles. The summed E-state index contributed by atoms with van der Waals surface area (Å²) in [6, 6.07) is 0.711. The number of hydrogen-bond acceptors (Lipinski definition) is 2. The Morgan fingerprint density at radius 2 is 1.84 bits per heavy atom. The summed E-state index contributed by atoms with van der Waals surface area (Å²) in [6.45, 7) is 13.4.